The van der Waals surface area contributed by atoms with Crippen molar-refractivity contribution in [3.8, 4) is 11.3 Å². The van der Waals surface area contributed by atoms with E-state index < -0.39 is 11.4 Å². The summed E-state index contributed by atoms with van der Waals surface area (Å²) in [5, 5.41) is 16.4. The standard InChI is InChI=1S/C22H16Cl3N3O3/c1-2-28-15(11-27-10-13-7-14(23)4-6-18(13)26-27)9-19(29)20(22(30)31)21(28)12-3-5-16(24)17(25)8-12/h3-10H,2,11H2,1H3,(H,30,31). The molecule has 4 rings (SSSR count). The van der Waals surface area contributed by atoms with Crippen molar-refractivity contribution < 1.29 is 9.90 Å². The molecular formula is C22H16Cl3N3O3. The van der Waals surface area contributed by atoms with Crippen LogP contribution in [0.4, 0.5) is 0 Å². The highest BCUT2D eigenvalue weighted by Gasteiger charge is 2.22. The fraction of sp³-hybridized carbons (Fsp3) is 0.136. The molecule has 0 amide bonds. The molecule has 0 aliphatic heterocycles. The van der Waals surface area contributed by atoms with E-state index in [0.717, 1.165) is 10.9 Å². The Kier molecular flexibility index (Phi) is 5.79. The Morgan fingerprint density at radius 2 is 1.84 bits per heavy atom. The fourth-order valence-corrected chi connectivity index (χ4v) is 4.11. The number of carboxylic acid groups (broad SMARTS) is 1. The Bertz CT molecular complexity index is 1390. The molecule has 0 spiro atoms. The lowest BCUT2D eigenvalue weighted by Crippen LogP contribution is -2.24. The van der Waals surface area contributed by atoms with E-state index in [9.17, 15) is 14.7 Å². The number of hydrogen-bond acceptors (Lipinski definition) is 3. The minimum Gasteiger partial charge on any atom is -0.477 e. The number of pyridine rings is 1. The third-order valence-electron chi connectivity index (χ3n) is 4.96. The number of benzene rings is 2. The number of nitrogens with zero attached hydrogens (tertiary/aromatic N) is 3. The van der Waals surface area contributed by atoms with Crippen molar-refractivity contribution in [3.63, 3.8) is 0 Å². The van der Waals surface area contributed by atoms with Gasteiger partial charge in [0, 0.05) is 40.5 Å². The van der Waals surface area contributed by atoms with Crippen LogP contribution in [0.3, 0.4) is 0 Å². The highest BCUT2D eigenvalue weighted by atomic mass is 35.5. The van der Waals surface area contributed by atoms with Gasteiger partial charge in [0.2, 0.25) is 0 Å². The maximum absolute atomic E-state index is 12.8. The number of fused-ring (bicyclic) bond motifs is 1. The summed E-state index contributed by atoms with van der Waals surface area (Å²) in [7, 11) is 0. The van der Waals surface area contributed by atoms with Gasteiger partial charge in [-0.3, -0.25) is 9.48 Å². The third kappa shape index (κ3) is 4.06. The second kappa shape index (κ2) is 8.38. The first kappa shape index (κ1) is 21.4. The average molecular weight is 477 g/mol. The molecule has 4 aromatic rings. The maximum Gasteiger partial charge on any atom is 0.341 e. The molecule has 31 heavy (non-hydrogen) atoms. The Morgan fingerprint density at radius 3 is 2.52 bits per heavy atom. The van der Waals surface area contributed by atoms with Gasteiger partial charge in [0.1, 0.15) is 5.56 Å². The molecule has 6 nitrogen and oxygen atoms in total. The number of rotatable bonds is 5. The van der Waals surface area contributed by atoms with Crippen molar-refractivity contribution in [2.24, 2.45) is 0 Å². The van der Waals surface area contributed by atoms with Crippen LogP contribution in [0.2, 0.25) is 15.1 Å². The van der Waals surface area contributed by atoms with Crippen LogP contribution in [0, 0.1) is 0 Å². The second-order valence-electron chi connectivity index (χ2n) is 6.93. The van der Waals surface area contributed by atoms with E-state index in [1.807, 2.05) is 25.3 Å². The van der Waals surface area contributed by atoms with E-state index in [0.29, 0.717) is 27.8 Å². The molecule has 2 heterocycles. The molecular weight excluding hydrogens is 461 g/mol. The molecule has 0 aliphatic carbocycles. The summed E-state index contributed by atoms with van der Waals surface area (Å²) in [5.41, 5.74) is 1.23. The van der Waals surface area contributed by atoms with Gasteiger partial charge < -0.3 is 9.67 Å². The van der Waals surface area contributed by atoms with Gasteiger partial charge in [-0.15, -0.1) is 0 Å². The van der Waals surface area contributed by atoms with E-state index in [4.69, 9.17) is 34.8 Å². The van der Waals surface area contributed by atoms with Crippen LogP contribution >= 0.6 is 34.8 Å². The van der Waals surface area contributed by atoms with E-state index in [1.165, 1.54) is 6.07 Å². The molecule has 0 saturated heterocycles. The number of carbonyl (C=O) groups is 1. The predicted molar refractivity (Wildman–Crippen MR) is 123 cm³/mol. The highest BCUT2D eigenvalue weighted by Crippen LogP contribution is 2.31. The van der Waals surface area contributed by atoms with Crippen LogP contribution < -0.4 is 5.43 Å². The average Bonchev–Trinajstić information content (AvgIpc) is 3.10. The molecule has 2 aromatic heterocycles. The Hall–Kier alpha value is -2.80. The minimum atomic E-state index is -1.31. The molecule has 0 aliphatic rings. The van der Waals surface area contributed by atoms with Crippen LogP contribution in [0.1, 0.15) is 23.0 Å². The smallest absolute Gasteiger partial charge is 0.341 e. The van der Waals surface area contributed by atoms with Gasteiger partial charge in [-0.2, -0.15) is 5.10 Å². The number of aromatic nitrogens is 3. The Balaban J connectivity index is 1.92. The first-order valence-electron chi connectivity index (χ1n) is 9.36. The normalized spacial score (nSPS) is 11.2. The van der Waals surface area contributed by atoms with Crippen LogP contribution in [0.5, 0.6) is 0 Å². The van der Waals surface area contributed by atoms with Gasteiger partial charge in [0.05, 0.1) is 27.8 Å². The molecule has 9 heteroatoms. The first-order valence-corrected chi connectivity index (χ1v) is 10.5. The molecule has 0 atom stereocenters. The molecule has 0 fully saturated rings. The van der Waals surface area contributed by atoms with E-state index in [-0.39, 0.29) is 22.8 Å². The predicted octanol–water partition coefficient (Wildman–Crippen LogP) is 5.59. The summed E-state index contributed by atoms with van der Waals surface area (Å²) in [6.45, 7) is 2.57. The Labute approximate surface area is 192 Å². The number of halogens is 3. The van der Waals surface area contributed by atoms with Crippen molar-refractivity contribution in [2.75, 3.05) is 0 Å². The minimum absolute atomic E-state index is 0.267. The zero-order chi connectivity index (χ0) is 22.3. The largest absolute Gasteiger partial charge is 0.477 e. The molecule has 0 saturated carbocycles. The van der Waals surface area contributed by atoms with Crippen LogP contribution in [-0.4, -0.2) is 25.4 Å². The number of aromatic carboxylic acids is 1. The van der Waals surface area contributed by atoms with Gasteiger partial charge in [0.15, 0.2) is 5.43 Å². The zero-order valence-electron chi connectivity index (χ0n) is 16.3. The summed E-state index contributed by atoms with van der Waals surface area (Å²) in [6.07, 6.45) is 1.83. The lowest BCUT2D eigenvalue weighted by molar-refractivity contribution is 0.0695. The second-order valence-corrected chi connectivity index (χ2v) is 8.18. The summed E-state index contributed by atoms with van der Waals surface area (Å²) < 4.78 is 3.48. The van der Waals surface area contributed by atoms with Crippen molar-refractivity contribution in [3.05, 3.63) is 85.2 Å². The van der Waals surface area contributed by atoms with Gasteiger partial charge in [-0.1, -0.05) is 40.9 Å². The number of hydrogen-bond donors (Lipinski definition) is 1. The van der Waals surface area contributed by atoms with Crippen molar-refractivity contribution >= 4 is 51.7 Å². The molecule has 158 valence electrons. The van der Waals surface area contributed by atoms with Crippen molar-refractivity contribution in [1.82, 2.24) is 14.3 Å². The third-order valence-corrected chi connectivity index (χ3v) is 5.93. The fourth-order valence-electron chi connectivity index (χ4n) is 3.63. The zero-order valence-corrected chi connectivity index (χ0v) is 18.5. The summed E-state index contributed by atoms with van der Waals surface area (Å²) >= 11 is 18.3. The first-order chi connectivity index (χ1) is 14.8. The maximum atomic E-state index is 12.8. The summed E-state index contributed by atoms with van der Waals surface area (Å²) in [4.78, 5) is 24.8. The van der Waals surface area contributed by atoms with Crippen LogP contribution in [-0.2, 0) is 13.1 Å². The molecule has 2 aromatic carbocycles. The van der Waals surface area contributed by atoms with Crippen molar-refractivity contribution in [2.45, 2.75) is 20.0 Å². The number of carboxylic acids is 1. The topological polar surface area (TPSA) is 77.1 Å². The van der Waals surface area contributed by atoms with Crippen LogP contribution in [0.15, 0.2) is 53.5 Å². The van der Waals surface area contributed by atoms with Crippen molar-refractivity contribution in [1.29, 1.82) is 0 Å². The molecule has 0 bridgehead atoms. The lowest BCUT2D eigenvalue weighted by Gasteiger charge is -2.20. The van der Waals surface area contributed by atoms with E-state index >= 15 is 0 Å². The SMILES string of the molecule is CCn1c(Cn2cc3cc(Cl)ccc3n2)cc(=O)c(C(=O)O)c1-c1ccc(Cl)c(Cl)c1. The van der Waals surface area contributed by atoms with E-state index in [1.54, 1.807) is 33.5 Å². The van der Waals surface area contributed by atoms with Gasteiger partial charge in [-0.25, -0.2) is 4.79 Å². The summed E-state index contributed by atoms with van der Waals surface area (Å²) in [6, 6.07) is 11.5. The van der Waals surface area contributed by atoms with Gasteiger partial charge >= 0.3 is 5.97 Å². The van der Waals surface area contributed by atoms with Crippen LogP contribution in [0.25, 0.3) is 22.2 Å². The molecule has 0 unspecified atom stereocenters. The van der Waals surface area contributed by atoms with E-state index in [2.05, 4.69) is 5.10 Å². The van der Waals surface area contributed by atoms with Gasteiger partial charge in [-0.05, 0) is 37.3 Å². The molecule has 0 radical (unpaired) electrons. The lowest BCUT2D eigenvalue weighted by atomic mass is 10.0. The molecule has 1 N–H and O–H groups in total. The quantitative estimate of drug-likeness (QED) is 0.407. The Morgan fingerprint density at radius 1 is 1.06 bits per heavy atom. The highest BCUT2D eigenvalue weighted by molar-refractivity contribution is 6.42. The van der Waals surface area contributed by atoms with Gasteiger partial charge in [0.25, 0.3) is 0 Å². The summed E-state index contributed by atoms with van der Waals surface area (Å²) in [5.74, 6) is -1.31. The monoisotopic (exact) mass is 475 g/mol.